The van der Waals surface area contributed by atoms with Crippen molar-refractivity contribution < 1.29 is 27.5 Å². The number of rotatable bonds is 5. The van der Waals surface area contributed by atoms with Crippen LogP contribution >= 0.6 is 0 Å². The Balaban J connectivity index is 1.76. The number of benzene rings is 1. The Morgan fingerprint density at radius 2 is 1.71 bits per heavy atom. The fourth-order valence-electron chi connectivity index (χ4n) is 4.21. The van der Waals surface area contributed by atoms with Crippen molar-refractivity contribution in [3.05, 3.63) is 36.3 Å². The molecular weight excluding hydrogens is 449 g/mol. The molecule has 1 fully saturated rings. The summed E-state index contributed by atoms with van der Waals surface area (Å²) in [4.78, 5) is 29.4. The number of ether oxygens (including phenoxy) is 1. The maximum Gasteiger partial charge on any atom is 0.433 e. The number of imidazole rings is 1. The molecule has 2 amide bonds. The van der Waals surface area contributed by atoms with E-state index < -0.39 is 29.6 Å². The number of hydrogen-bond donors (Lipinski definition) is 2. The SMILES string of the molecule is Cn1cnc(-c2ccc(NC(=O)[C@@H](NC(=O)OC(C)(C)C)C3CCCCC3)cc2)c1C(F)(F)F. The van der Waals surface area contributed by atoms with Crippen LogP contribution in [-0.4, -0.2) is 33.2 Å². The van der Waals surface area contributed by atoms with Crippen molar-refractivity contribution in [3.63, 3.8) is 0 Å². The Kier molecular flexibility index (Phi) is 7.57. The van der Waals surface area contributed by atoms with Crippen molar-refractivity contribution in [1.82, 2.24) is 14.9 Å². The van der Waals surface area contributed by atoms with Crippen molar-refractivity contribution >= 4 is 17.7 Å². The van der Waals surface area contributed by atoms with Gasteiger partial charge in [-0.2, -0.15) is 13.2 Å². The molecule has 1 saturated carbocycles. The molecule has 2 N–H and O–H groups in total. The van der Waals surface area contributed by atoms with Gasteiger partial charge in [-0.3, -0.25) is 4.79 Å². The summed E-state index contributed by atoms with van der Waals surface area (Å²) in [6, 6.07) is 5.22. The average Bonchev–Trinajstić information content (AvgIpc) is 3.14. The van der Waals surface area contributed by atoms with E-state index in [2.05, 4.69) is 15.6 Å². The molecule has 1 aromatic heterocycles. The highest BCUT2D eigenvalue weighted by Crippen LogP contribution is 2.36. The van der Waals surface area contributed by atoms with E-state index in [9.17, 15) is 22.8 Å². The first-order valence-corrected chi connectivity index (χ1v) is 11.3. The van der Waals surface area contributed by atoms with Gasteiger partial charge in [0, 0.05) is 18.3 Å². The lowest BCUT2D eigenvalue weighted by atomic mass is 9.83. The van der Waals surface area contributed by atoms with Crippen LogP contribution in [0.5, 0.6) is 0 Å². The third-order valence-electron chi connectivity index (χ3n) is 5.71. The van der Waals surface area contributed by atoms with Gasteiger partial charge >= 0.3 is 12.3 Å². The van der Waals surface area contributed by atoms with Crippen molar-refractivity contribution in [2.75, 3.05) is 5.32 Å². The van der Waals surface area contributed by atoms with Crippen LogP contribution in [0.4, 0.5) is 23.7 Å². The Bertz CT molecular complexity index is 1000. The normalized spacial score (nSPS) is 16.1. The Morgan fingerprint density at radius 1 is 1.09 bits per heavy atom. The minimum Gasteiger partial charge on any atom is -0.444 e. The average molecular weight is 481 g/mol. The predicted molar refractivity (Wildman–Crippen MR) is 122 cm³/mol. The maximum absolute atomic E-state index is 13.4. The van der Waals surface area contributed by atoms with Crippen LogP contribution in [0.1, 0.15) is 58.6 Å². The molecule has 2 aromatic rings. The number of alkyl halides is 3. The predicted octanol–water partition coefficient (Wildman–Crippen LogP) is 5.52. The minimum atomic E-state index is -4.55. The molecule has 1 heterocycles. The lowest BCUT2D eigenvalue weighted by molar-refractivity contribution is -0.142. The van der Waals surface area contributed by atoms with Crippen LogP contribution in [0.2, 0.25) is 0 Å². The zero-order valence-corrected chi connectivity index (χ0v) is 19.8. The van der Waals surface area contributed by atoms with Crippen LogP contribution in [0.15, 0.2) is 30.6 Å². The van der Waals surface area contributed by atoms with Crippen molar-refractivity contribution in [2.45, 2.75) is 70.7 Å². The molecule has 0 bridgehead atoms. The molecule has 1 aliphatic rings. The fraction of sp³-hybridized carbons (Fsp3) is 0.542. The third-order valence-corrected chi connectivity index (χ3v) is 5.71. The molecule has 34 heavy (non-hydrogen) atoms. The summed E-state index contributed by atoms with van der Waals surface area (Å²) >= 11 is 0. The topological polar surface area (TPSA) is 85.3 Å². The number of hydrogen-bond acceptors (Lipinski definition) is 4. The van der Waals surface area contributed by atoms with Crippen molar-refractivity contribution in [2.24, 2.45) is 13.0 Å². The largest absolute Gasteiger partial charge is 0.444 e. The molecule has 0 aliphatic heterocycles. The number of anilines is 1. The summed E-state index contributed by atoms with van der Waals surface area (Å²) in [5.74, 6) is -0.414. The second-order valence-corrected chi connectivity index (χ2v) is 9.64. The number of aryl methyl sites for hydroxylation is 1. The van der Waals surface area contributed by atoms with Crippen LogP contribution in [-0.2, 0) is 22.8 Å². The van der Waals surface area contributed by atoms with E-state index in [1.54, 1.807) is 20.8 Å². The molecule has 10 heteroatoms. The van der Waals surface area contributed by atoms with Crippen LogP contribution in [0, 0.1) is 5.92 Å². The summed E-state index contributed by atoms with van der Waals surface area (Å²) in [6.07, 6.45) is 0.573. The number of alkyl carbamates (subject to hydrolysis) is 1. The van der Waals surface area contributed by atoms with Crippen LogP contribution < -0.4 is 10.6 Å². The van der Waals surface area contributed by atoms with Gasteiger partial charge in [0.2, 0.25) is 5.91 Å². The Hall–Kier alpha value is -3.04. The summed E-state index contributed by atoms with van der Waals surface area (Å²) < 4.78 is 46.4. The van der Waals surface area contributed by atoms with E-state index in [-0.39, 0.29) is 23.1 Å². The van der Waals surface area contributed by atoms with E-state index in [1.165, 1.54) is 31.3 Å². The highest BCUT2D eigenvalue weighted by Gasteiger charge is 2.38. The standard InChI is InChI=1S/C24H31F3N4O3/c1-23(2,3)34-22(33)30-19(15-8-6-5-7-9-15)21(32)29-17-12-10-16(11-13-17)18-20(24(25,26)27)31(4)14-28-18/h10-15,19H,5-9H2,1-4H3,(H,29,32)(H,30,33)/t19-/m0/s1. The molecule has 0 spiro atoms. The van der Waals surface area contributed by atoms with Gasteiger partial charge in [-0.1, -0.05) is 31.4 Å². The van der Waals surface area contributed by atoms with Crippen molar-refractivity contribution in [3.8, 4) is 11.3 Å². The van der Waals surface area contributed by atoms with Gasteiger partial charge in [0.25, 0.3) is 0 Å². The Morgan fingerprint density at radius 3 is 2.26 bits per heavy atom. The molecule has 0 radical (unpaired) electrons. The van der Waals surface area contributed by atoms with Crippen LogP contribution in [0.3, 0.4) is 0 Å². The molecule has 3 rings (SSSR count). The molecule has 0 unspecified atom stereocenters. The van der Waals surface area contributed by atoms with E-state index in [4.69, 9.17) is 4.74 Å². The van der Waals surface area contributed by atoms with Gasteiger partial charge < -0.3 is 19.9 Å². The number of halogens is 3. The second-order valence-electron chi connectivity index (χ2n) is 9.64. The smallest absolute Gasteiger partial charge is 0.433 e. The lowest BCUT2D eigenvalue weighted by Crippen LogP contribution is -2.50. The number of carbonyl (C=O) groups excluding carboxylic acids is 2. The summed E-state index contributed by atoms with van der Waals surface area (Å²) in [6.45, 7) is 5.24. The molecule has 0 saturated heterocycles. The van der Waals surface area contributed by atoms with E-state index in [0.717, 1.165) is 43.0 Å². The number of nitrogens with one attached hydrogen (secondary N) is 2. The van der Waals surface area contributed by atoms with Gasteiger partial charge in [0.1, 0.15) is 17.3 Å². The first-order valence-electron chi connectivity index (χ1n) is 11.3. The number of aromatic nitrogens is 2. The minimum absolute atomic E-state index is 0.0246. The van der Waals surface area contributed by atoms with Gasteiger partial charge in [-0.25, -0.2) is 9.78 Å². The van der Waals surface area contributed by atoms with E-state index in [1.807, 2.05) is 0 Å². The van der Waals surface area contributed by atoms with Gasteiger partial charge in [0.05, 0.1) is 6.33 Å². The number of amides is 2. The monoisotopic (exact) mass is 480 g/mol. The second kappa shape index (κ2) is 10.1. The maximum atomic E-state index is 13.4. The highest BCUT2D eigenvalue weighted by molar-refractivity contribution is 5.97. The molecule has 1 aliphatic carbocycles. The lowest BCUT2D eigenvalue weighted by Gasteiger charge is -2.31. The van der Waals surface area contributed by atoms with Crippen molar-refractivity contribution in [1.29, 1.82) is 0 Å². The molecule has 1 aromatic carbocycles. The van der Waals surface area contributed by atoms with Gasteiger partial charge in [-0.15, -0.1) is 0 Å². The zero-order chi connectivity index (χ0) is 25.1. The first-order chi connectivity index (χ1) is 15.8. The van der Waals surface area contributed by atoms with Gasteiger partial charge in [0.15, 0.2) is 5.69 Å². The molecular formula is C24H31F3N4O3. The zero-order valence-electron chi connectivity index (χ0n) is 19.8. The van der Waals surface area contributed by atoms with Crippen LogP contribution in [0.25, 0.3) is 11.3 Å². The summed E-state index contributed by atoms with van der Waals surface area (Å²) in [7, 11) is 1.29. The Labute approximate surface area is 197 Å². The van der Waals surface area contributed by atoms with E-state index >= 15 is 0 Å². The molecule has 7 nitrogen and oxygen atoms in total. The molecule has 1 atom stereocenters. The summed E-state index contributed by atoms with van der Waals surface area (Å²) in [5.41, 5.74) is -1.04. The number of nitrogens with zero attached hydrogens (tertiary/aromatic N) is 2. The first kappa shape index (κ1) is 25.6. The highest BCUT2D eigenvalue weighted by atomic mass is 19.4. The van der Waals surface area contributed by atoms with Gasteiger partial charge in [-0.05, 0) is 51.7 Å². The summed E-state index contributed by atoms with van der Waals surface area (Å²) in [5, 5.41) is 5.50. The third kappa shape index (κ3) is 6.51. The fourth-order valence-corrected chi connectivity index (χ4v) is 4.21. The quantitative estimate of drug-likeness (QED) is 0.590. The molecule has 186 valence electrons. The van der Waals surface area contributed by atoms with E-state index in [0.29, 0.717) is 5.69 Å². The number of carbonyl (C=O) groups is 2.